The summed E-state index contributed by atoms with van der Waals surface area (Å²) in [7, 11) is 0. The van der Waals surface area contributed by atoms with Crippen LogP contribution in [0.25, 0.3) is 0 Å². The van der Waals surface area contributed by atoms with Crippen LogP contribution in [0, 0.1) is 0 Å². The molecule has 1 atom stereocenters. The van der Waals surface area contributed by atoms with Crippen LogP contribution in [0.15, 0.2) is 41.1 Å². The molecule has 1 unspecified atom stereocenters. The molecule has 124 valence electrons. The number of nitrogens with one attached hydrogen (secondary N) is 2. The maximum absolute atomic E-state index is 11.7. The second kappa shape index (κ2) is 7.62. The van der Waals surface area contributed by atoms with Crippen molar-refractivity contribution < 1.29 is 9.53 Å². The summed E-state index contributed by atoms with van der Waals surface area (Å²) in [6.07, 6.45) is -0.436. The second-order valence-electron chi connectivity index (χ2n) is 6.48. The molecule has 0 radical (unpaired) electrons. The summed E-state index contributed by atoms with van der Waals surface area (Å²) in [4.78, 5) is 11.7. The third-order valence-corrected chi connectivity index (χ3v) is 3.96. The second-order valence-corrected chi connectivity index (χ2v) is 7.26. The molecule has 0 saturated heterocycles. The summed E-state index contributed by atoms with van der Waals surface area (Å²) >= 11 is 1.71. The predicted molar refractivity (Wildman–Crippen MR) is 95.9 cm³/mol. The van der Waals surface area contributed by atoms with Gasteiger partial charge in [0.15, 0.2) is 0 Å². The number of carbonyl (C=O) groups excluding carboxylic acids is 1. The summed E-state index contributed by atoms with van der Waals surface area (Å²) in [6.45, 7) is 8.46. The van der Waals surface area contributed by atoms with Crippen molar-refractivity contribution in [1.82, 2.24) is 5.32 Å². The lowest BCUT2D eigenvalue weighted by atomic mass is 10.1. The standard InChI is InChI=1S/C18H24N2O2S/c1-13(15-9-10-23-12-15)19-11-14-5-7-16(8-6-14)20-17(21)22-18(2,3)4/h5-10,12-13,19H,11H2,1-4H3,(H,20,21). The van der Waals surface area contributed by atoms with E-state index in [-0.39, 0.29) is 0 Å². The number of hydrogen-bond acceptors (Lipinski definition) is 4. The Morgan fingerprint density at radius 2 is 1.91 bits per heavy atom. The molecule has 0 aliphatic carbocycles. The number of hydrogen-bond donors (Lipinski definition) is 2. The first-order chi connectivity index (χ1) is 10.8. The van der Waals surface area contributed by atoms with Crippen LogP contribution in [0.4, 0.5) is 10.5 Å². The highest BCUT2D eigenvalue weighted by Gasteiger charge is 2.16. The lowest BCUT2D eigenvalue weighted by Crippen LogP contribution is -2.27. The van der Waals surface area contributed by atoms with Crippen LogP contribution in [0.5, 0.6) is 0 Å². The molecule has 0 fully saturated rings. The highest BCUT2D eigenvalue weighted by atomic mass is 32.1. The van der Waals surface area contributed by atoms with Gasteiger partial charge in [-0.25, -0.2) is 4.79 Å². The normalized spacial score (nSPS) is 12.7. The molecule has 5 heteroatoms. The fourth-order valence-electron chi connectivity index (χ4n) is 2.04. The zero-order valence-electron chi connectivity index (χ0n) is 14.1. The van der Waals surface area contributed by atoms with Crippen molar-refractivity contribution >= 4 is 23.1 Å². The van der Waals surface area contributed by atoms with Crippen molar-refractivity contribution in [2.24, 2.45) is 0 Å². The van der Waals surface area contributed by atoms with Gasteiger partial charge in [0.2, 0.25) is 0 Å². The SMILES string of the molecule is CC(NCc1ccc(NC(=O)OC(C)(C)C)cc1)c1ccsc1. The van der Waals surface area contributed by atoms with Gasteiger partial charge in [-0.2, -0.15) is 11.3 Å². The Morgan fingerprint density at radius 3 is 2.48 bits per heavy atom. The zero-order valence-corrected chi connectivity index (χ0v) is 14.9. The summed E-state index contributed by atoms with van der Waals surface area (Å²) in [5, 5.41) is 10.5. The molecule has 1 amide bonds. The average Bonchev–Trinajstić information content (AvgIpc) is 2.98. The van der Waals surface area contributed by atoms with Gasteiger partial charge in [-0.15, -0.1) is 0 Å². The van der Waals surface area contributed by atoms with Gasteiger partial charge in [-0.1, -0.05) is 12.1 Å². The Morgan fingerprint density at radius 1 is 1.22 bits per heavy atom. The van der Waals surface area contributed by atoms with Crippen LogP contribution in [0.2, 0.25) is 0 Å². The molecule has 2 aromatic rings. The minimum Gasteiger partial charge on any atom is -0.444 e. The molecule has 0 bridgehead atoms. The quantitative estimate of drug-likeness (QED) is 0.815. The lowest BCUT2D eigenvalue weighted by molar-refractivity contribution is 0.0636. The molecule has 0 aliphatic rings. The van der Waals surface area contributed by atoms with Gasteiger partial charge in [0.05, 0.1) is 0 Å². The van der Waals surface area contributed by atoms with E-state index in [0.717, 1.165) is 12.2 Å². The maximum atomic E-state index is 11.7. The molecular formula is C18H24N2O2S. The van der Waals surface area contributed by atoms with E-state index in [9.17, 15) is 4.79 Å². The first kappa shape index (κ1) is 17.5. The number of carbonyl (C=O) groups is 1. The molecule has 2 rings (SSSR count). The van der Waals surface area contributed by atoms with E-state index in [2.05, 4.69) is 34.4 Å². The van der Waals surface area contributed by atoms with E-state index < -0.39 is 11.7 Å². The number of ether oxygens (including phenoxy) is 1. The summed E-state index contributed by atoms with van der Waals surface area (Å²) < 4.78 is 5.23. The molecule has 2 N–H and O–H groups in total. The fraction of sp³-hybridized carbons (Fsp3) is 0.389. The fourth-order valence-corrected chi connectivity index (χ4v) is 2.79. The molecular weight excluding hydrogens is 308 g/mol. The number of anilines is 1. The predicted octanol–water partition coefficient (Wildman–Crippen LogP) is 4.95. The van der Waals surface area contributed by atoms with Crippen molar-refractivity contribution in [3.8, 4) is 0 Å². The number of thiophene rings is 1. The molecule has 0 aliphatic heterocycles. The van der Waals surface area contributed by atoms with Gasteiger partial charge >= 0.3 is 6.09 Å². The molecule has 0 spiro atoms. The van der Waals surface area contributed by atoms with Gasteiger partial charge in [0.25, 0.3) is 0 Å². The van der Waals surface area contributed by atoms with Gasteiger partial charge in [0.1, 0.15) is 5.60 Å². The van der Waals surface area contributed by atoms with Crippen LogP contribution >= 0.6 is 11.3 Å². The van der Waals surface area contributed by atoms with Gasteiger partial charge in [-0.3, -0.25) is 5.32 Å². The number of rotatable bonds is 5. The van der Waals surface area contributed by atoms with E-state index >= 15 is 0 Å². The van der Waals surface area contributed by atoms with Crippen LogP contribution in [0.1, 0.15) is 44.9 Å². The van der Waals surface area contributed by atoms with Crippen LogP contribution in [-0.4, -0.2) is 11.7 Å². The van der Waals surface area contributed by atoms with Crippen LogP contribution < -0.4 is 10.6 Å². The zero-order chi connectivity index (χ0) is 16.9. The third-order valence-electron chi connectivity index (χ3n) is 3.25. The third kappa shape index (κ3) is 6.04. The molecule has 23 heavy (non-hydrogen) atoms. The lowest BCUT2D eigenvalue weighted by Gasteiger charge is -2.19. The van der Waals surface area contributed by atoms with Crippen LogP contribution in [-0.2, 0) is 11.3 Å². The monoisotopic (exact) mass is 332 g/mol. The average molecular weight is 332 g/mol. The molecule has 0 saturated carbocycles. The number of benzene rings is 1. The van der Waals surface area contributed by atoms with E-state index in [1.807, 2.05) is 45.0 Å². The first-order valence-corrected chi connectivity index (χ1v) is 8.62. The van der Waals surface area contributed by atoms with Crippen molar-refractivity contribution in [3.63, 3.8) is 0 Å². The molecule has 1 heterocycles. The van der Waals surface area contributed by atoms with E-state index in [4.69, 9.17) is 4.74 Å². The van der Waals surface area contributed by atoms with Crippen molar-refractivity contribution in [2.75, 3.05) is 5.32 Å². The number of amides is 1. The summed E-state index contributed by atoms with van der Waals surface area (Å²) in [5.74, 6) is 0. The summed E-state index contributed by atoms with van der Waals surface area (Å²) in [6, 6.07) is 10.2. The Kier molecular flexibility index (Phi) is 5.80. The van der Waals surface area contributed by atoms with Crippen molar-refractivity contribution in [1.29, 1.82) is 0 Å². The largest absolute Gasteiger partial charge is 0.444 e. The van der Waals surface area contributed by atoms with Crippen molar-refractivity contribution in [2.45, 2.75) is 45.9 Å². The van der Waals surface area contributed by atoms with E-state index in [1.165, 1.54) is 11.1 Å². The minimum atomic E-state index is -0.494. The topological polar surface area (TPSA) is 50.4 Å². The van der Waals surface area contributed by atoms with Gasteiger partial charge in [0, 0.05) is 18.3 Å². The van der Waals surface area contributed by atoms with Crippen LogP contribution in [0.3, 0.4) is 0 Å². The Labute approximate surface area is 141 Å². The highest BCUT2D eigenvalue weighted by Crippen LogP contribution is 2.17. The first-order valence-electron chi connectivity index (χ1n) is 7.68. The molecule has 4 nitrogen and oxygen atoms in total. The van der Waals surface area contributed by atoms with Gasteiger partial charge in [-0.05, 0) is 67.8 Å². The summed E-state index contributed by atoms with van der Waals surface area (Å²) in [5.41, 5.74) is 2.71. The van der Waals surface area contributed by atoms with E-state index in [0.29, 0.717) is 6.04 Å². The minimum absolute atomic E-state index is 0.320. The highest BCUT2D eigenvalue weighted by molar-refractivity contribution is 7.07. The Balaban J connectivity index is 1.83. The molecule has 1 aromatic carbocycles. The van der Waals surface area contributed by atoms with Crippen molar-refractivity contribution in [3.05, 3.63) is 52.2 Å². The Bertz CT molecular complexity index is 615. The smallest absolute Gasteiger partial charge is 0.412 e. The molecule has 1 aromatic heterocycles. The maximum Gasteiger partial charge on any atom is 0.412 e. The van der Waals surface area contributed by atoms with E-state index in [1.54, 1.807) is 11.3 Å². The van der Waals surface area contributed by atoms with Gasteiger partial charge < -0.3 is 10.1 Å². The Hall–Kier alpha value is -1.85.